The molecule has 0 bridgehead atoms. The second-order valence-electron chi connectivity index (χ2n) is 4.98. The van der Waals surface area contributed by atoms with Crippen LogP contribution in [0.3, 0.4) is 0 Å². The topological polar surface area (TPSA) is 32.3 Å². The van der Waals surface area contributed by atoms with Crippen LogP contribution in [-0.2, 0) is 0 Å². The fourth-order valence-electron chi connectivity index (χ4n) is 2.56. The summed E-state index contributed by atoms with van der Waals surface area (Å²) >= 11 is 5.95. The molecular weight excluding hydrogens is 290 g/mol. The van der Waals surface area contributed by atoms with E-state index >= 15 is 0 Å². The highest BCUT2D eigenvalue weighted by molar-refractivity contribution is 6.33. The summed E-state index contributed by atoms with van der Waals surface area (Å²) in [4.78, 5) is 14.4. The van der Waals surface area contributed by atoms with Gasteiger partial charge in [-0.2, -0.15) is 0 Å². The number of amides is 1. The minimum Gasteiger partial charge on any atom is -0.330 e. The predicted octanol–water partition coefficient (Wildman–Crippen LogP) is 2.48. The van der Waals surface area contributed by atoms with Gasteiger partial charge in [-0.15, -0.1) is 12.4 Å². The van der Waals surface area contributed by atoms with Crippen molar-refractivity contribution >= 4 is 29.9 Å². The zero-order valence-electron chi connectivity index (χ0n) is 10.3. The number of piperazine rings is 1. The van der Waals surface area contributed by atoms with Gasteiger partial charge in [-0.3, -0.25) is 4.79 Å². The van der Waals surface area contributed by atoms with Crippen LogP contribution in [0, 0.1) is 5.82 Å². The Morgan fingerprint density at radius 2 is 2.16 bits per heavy atom. The second kappa shape index (κ2) is 5.27. The Bertz CT molecular complexity index is 505. The molecule has 1 aliphatic carbocycles. The number of carbonyl (C=O) groups excluding carboxylic acids is 1. The molecule has 1 amide bonds. The standard InChI is InChI=1S/C13H14ClFN2O.ClH/c14-11-7-9(15)1-2-10(11)12(18)17-6-5-16-8-13(17)3-4-13;/h1-2,7,16H,3-6,8H2;1H. The van der Waals surface area contributed by atoms with Crippen molar-refractivity contribution < 1.29 is 9.18 Å². The van der Waals surface area contributed by atoms with Gasteiger partial charge >= 0.3 is 0 Å². The van der Waals surface area contributed by atoms with Gasteiger partial charge in [0.05, 0.1) is 16.1 Å². The fourth-order valence-corrected chi connectivity index (χ4v) is 2.81. The van der Waals surface area contributed by atoms with Crippen molar-refractivity contribution in [1.82, 2.24) is 10.2 Å². The van der Waals surface area contributed by atoms with Crippen molar-refractivity contribution in [3.05, 3.63) is 34.6 Å². The summed E-state index contributed by atoms with van der Waals surface area (Å²) in [6.45, 7) is 2.33. The molecule has 6 heteroatoms. The van der Waals surface area contributed by atoms with Crippen LogP contribution in [0.15, 0.2) is 18.2 Å². The number of nitrogens with one attached hydrogen (secondary N) is 1. The van der Waals surface area contributed by atoms with Crippen LogP contribution in [0.2, 0.25) is 5.02 Å². The fraction of sp³-hybridized carbons (Fsp3) is 0.462. The number of hydrogen-bond acceptors (Lipinski definition) is 2. The van der Waals surface area contributed by atoms with E-state index in [2.05, 4.69) is 5.32 Å². The molecule has 1 aromatic carbocycles. The summed E-state index contributed by atoms with van der Waals surface area (Å²) in [6.07, 6.45) is 2.06. The van der Waals surface area contributed by atoms with Crippen LogP contribution < -0.4 is 5.32 Å². The van der Waals surface area contributed by atoms with Crippen LogP contribution in [0.1, 0.15) is 23.2 Å². The maximum Gasteiger partial charge on any atom is 0.255 e. The lowest BCUT2D eigenvalue weighted by atomic mass is 10.1. The summed E-state index contributed by atoms with van der Waals surface area (Å²) in [7, 11) is 0. The van der Waals surface area contributed by atoms with Gasteiger partial charge in [-0.25, -0.2) is 4.39 Å². The molecule has 2 aliphatic rings. The quantitative estimate of drug-likeness (QED) is 0.864. The van der Waals surface area contributed by atoms with E-state index in [1.807, 2.05) is 4.90 Å². The number of halogens is 3. The van der Waals surface area contributed by atoms with Gasteiger partial charge in [0.25, 0.3) is 5.91 Å². The van der Waals surface area contributed by atoms with Crippen molar-refractivity contribution in [1.29, 1.82) is 0 Å². The number of carbonyl (C=O) groups is 1. The molecule has 1 spiro atoms. The summed E-state index contributed by atoms with van der Waals surface area (Å²) in [5, 5.41) is 3.50. The first-order valence-electron chi connectivity index (χ1n) is 6.10. The number of hydrogen-bond donors (Lipinski definition) is 1. The zero-order chi connectivity index (χ0) is 12.8. The van der Waals surface area contributed by atoms with Crippen LogP contribution in [0.5, 0.6) is 0 Å². The van der Waals surface area contributed by atoms with Gasteiger partial charge in [0.2, 0.25) is 0 Å². The maximum atomic E-state index is 13.0. The molecular formula is C13H15Cl2FN2O. The molecule has 0 atom stereocenters. The monoisotopic (exact) mass is 304 g/mol. The molecule has 3 rings (SSSR count). The van der Waals surface area contributed by atoms with E-state index in [4.69, 9.17) is 11.6 Å². The Kier molecular flexibility index (Phi) is 4.04. The Balaban J connectivity index is 0.00000133. The normalized spacial score (nSPS) is 20.0. The van der Waals surface area contributed by atoms with Crippen molar-refractivity contribution in [3.8, 4) is 0 Å². The van der Waals surface area contributed by atoms with Crippen LogP contribution >= 0.6 is 24.0 Å². The molecule has 1 N–H and O–H groups in total. The zero-order valence-corrected chi connectivity index (χ0v) is 11.9. The lowest BCUT2D eigenvalue weighted by Crippen LogP contribution is -2.55. The summed E-state index contributed by atoms with van der Waals surface area (Å²) in [5.74, 6) is -0.503. The first kappa shape index (κ1) is 14.6. The number of rotatable bonds is 1. The first-order chi connectivity index (χ1) is 8.62. The summed E-state index contributed by atoms with van der Waals surface area (Å²) in [5.41, 5.74) is 0.374. The average molecular weight is 305 g/mol. The van der Waals surface area contributed by atoms with Gasteiger partial charge in [-0.1, -0.05) is 11.6 Å². The Morgan fingerprint density at radius 3 is 2.79 bits per heavy atom. The van der Waals surface area contributed by atoms with Crippen molar-refractivity contribution in [3.63, 3.8) is 0 Å². The molecule has 1 aromatic rings. The Morgan fingerprint density at radius 1 is 1.42 bits per heavy atom. The van der Waals surface area contributed by atoms with Crippen molar-refractivity contribution in [2.24, 2.45) is 0 Å². The van der Waals surface area contributed by atoms with Gasteiger partial charge < -0.3 is 10.2 Å². The highest BCUT2D eigenvalue weighted by Crippen LogP contribution is 2.43. The Labute approximate surface area is 122 Å². The largest absolute Gasteiger partial charge is 0.330 e. The molecule has 0 unspecified atom stereocenters. The van der Waals surface area contributed by atoms with Gasteiger partial charge in [-0.05, 0) is 31.0 Å². The van der Waals surface area contributed by atoms with Crippen molar-refractivity contribution in [2.45, 2.75) is 18.4 Å². The third kappa shape index (κ3) is 2.57. The second-order valence-corrected chi connectivity index (χ2v) is 5.39. The lowest BCUT2D eigenvalue weighted by molar-refractivity contribution is 0.0600. The first-order valence-corrected chi connectivity index (χ1v) is 6.48. The van der Waals surface area contributed by atoms with Gasteiger partial charge in [0, 0.05) is 19.6 Å². The molecule has 0 radical (unpaired) electrons. The molecule has 0 aromatic heterocycles. The SMILES string of the molecule is Cl.O=C(c1ccc(F)cc1Cl)N1CCNCC12CC2. The predicted molar refractivity (Wildman–Crippen MR) is 74.5 cm³/mol. The molecule has 1 aliphatic heterocycles. The van der Waals surface area contributed by atoms with Crippen LogP contribution in [0.25, 0.3) is 0 Å². The summed E-state index contributed by atoms with van der Waals surface area (Å²) in [6, 6.07) is 3.94. The highest BCUT2D eigenvalue weighted by atomic mass is 35.5. The minimum absolute atomic E-state index is 0. The van der Waals surface area contributed by atoms with Crippen LogP contribution in [0.4, 0.5) is 4.39 Å². The molecule has 104 valence electrons. The molecule has 1 saturated heterocycles. The lowest BCUT2D eigenvalue weighted by Gasteiger charge is -2.37. The maximum absolute atomic E-state index is 13.0. The van der Waals surface area contributed by atoms with E-state index in [0.29, 0.717) is 12.1 Å². The van der Waals surface area contributed by atoms with E-state index in [0.717, 1.165) is 25.9 Å². The smallest absolute Gasteiger partial charge is 0.255 e. The van der Waals surface area contributed by atoms with Gasteiger partial charge in [0.1, 0.15) is 5.82 Å². The molecule has 1 saturated carbocycles. The molecule has 1 heterocycles. The van der Waals surface area contributed by atoms with E-state index in [1.165, 1.54) is 18.2 Å². The molecule has 19 heavy (non-hydrogen) atoms. The third-order valence-corrected chi connectivity index (χ3v) is 4.09. The van der Waals surface area contributed by atoms with Gasteiger partial charge in [0.15, 0.2) is 0 Å². The molecule has 2 fully saturated rings. The summed E-state index contributed by atoms with van der Waals surface area (Å²) < 4.78 is 13.0. The Hall–Kier alpha value is -0.840. The van der Waals surface area contributed by atoms with E-state index in [-0.39, 0.29) is 28.9 Å². The average Bonchev–Trinajstić information content (AvgIpc) is 3.09. The van der Waals surface area contributed by atoms with Crippen molar-refractivity contribution in [2.75, 3.05) is 19.6 Å². The van der Waals surface area contributed by atoms with Crippen LogP contribution in [-0.4, -0.2) is 36.0 Å². The highest BCUT2D eigenvalue weighted by Gasteiger charge is 2.51. The van der Waals surface area contributed by atoms with E-state index in [9.17, 15) is 9.18 Å². The third-order valence-electron chi connectivity index (χ3n) is 3.77. The van der Waals surface area contributed by atoms with E-state index < -0.39 is 5.82 Å². The number of nitrogens with zero attached hydrogens (tertiary/aromatic N) is 1. The molecule has 3 nitrogen and oxygen atoms in total. The number of benzene rings is 1. The van der Waals surface area contributed by atoms with E-state index in [1.54, 1.807) is 0 Å². The minimum atomic E-state index is -0.419.